The van der Waals surface area contributed by atoms with E-state index in [9.17, 15) is 9.59 Å². The smallest absolute Gasteiger partial charge is 0.371 e. The van der Waals surface area contributed by atoms with Crippen LogP contribution in [0, 0.1) is 0 Å². The summed E-state index contributed by atoms with van der Waals surface area (Å²) in [6, 6.07) is 0. The molecule has 0 aliphatic rings. The predicted octanol–water partition coefficient (Wildman–Crippen LogP) is 2.66. The third-order valence-corrected chi connectivity index (χ3v) is 3.12. The van der Waals surface area contributed by atoms with Gasteiger partial charge in [-0.25, -0.2) is 9.59 Å². The van der Waals surface area contributed by atoms with Gasteiger partial charge in [-0.15, -0.1) is 0 Å². The van der Waals surface area contributed by atoms with Crippen LogP contribution in [-0.4, -0.2) is 27.3 Å². The zero-order chi connectivity index (χ0) is 12.2. The van der Waals surface area contributed by atoms with E-state index in [0.29, 0.717) is 0 Å². The maximum absolute atomic E-state index is 10.5. The van der Waals surface area contributed by atoms with E-state index >= 15 is 0 Å². The second kappa shape index (κ2) is 5.95. The second-order valence-corrected chi connectivity index (χ2v) is 5.90. The highest BCUT2D eigenvalue weighted by molar-refractivity contribution is 8.06. The lowest BCUT2D eigenvalue weighted by Crippen LogP contribution is -2.03. The SMILES string of the molecule is CC(=CC(=C(O)C(=O)O)P(Cl)Cl)C(=O)O. The highest BCUT2D eigenvalue weighted by atomic mass is 35.9. The summed E-state index contributed by atoms with van der Waals surface area (Å²) in [4.78, 5) is 20.9. The van der Waals surface area contributed by atoms with Gasteiger partial charge in [0.2, 0.25) is 5.76 Å². The number of carbonyl (C=O) groups is 2. The molecule has 0 aromatic heterocycles. The number of carboxylic acids is 2. The molecule has 0 saturated carbocycles. The minimum atomic E-state index is -1.94. The van der Waals surface area contributed by atoms with Crippen molar-refractivity contribution in [1.29, 1.82) is 0 Å². The first-order valence-corrected chi connectivity index (χ1v) is 6.62. The number of aliphatic carboxylic acids is 2. The molecule has 0 heterocycles. The number of aliphatic hydroxyl groups is 1. The van der Waals surface area contributed by atoms with E-state index in [0.717, 1.165) is 6.08 Å². The molecule has 84 valence electrons. The van der Waals surface area contributed by atoms with Crippen molar-refractivity contribution in [1.82, 2.24) is 0 Å². The number of hydrogen-bond acceptors (Lipinski definition) is 3. The van der Waals surface area contributed by atoms with Gasteiger partial charge in [-0.3, -0.25) is 0 Å². The van der Waals surface area contributed by atoms with Crippen molar-refractivity contribution in [3.8, 4) is 0 Å². The summed E-state index contributed by atoms with van der Waals surface area (Å²) in [6.45, 7) is -0.713. The van der Waals surface area contributed by atoms with E-state index < -0.39 is 24.3 Å². The van der Waals surface area contributed by atoms with Crippen LogP contribution in [0.25, 0.3) is 0 Å². The van der Waals surface area contributed by atoms with E-state index in [1.807, 2.05) is 0 Å². The lowest BCUT2D eigenvalue weighted by Gasteiger charge is -2.04. The Bertz CT molecular complexity index is 347. The molecule has 0 radical (unpaired) electrons. The first-order chi connectivity index (χ1) is 6.77. The Morgan fingerprint density at radius 3 is 1.87 bits per heavy atom. The van der Waals surface area contributed by atoms with E-state index in [4.69, 9.17) is 37.8 Å². The molecular formula is C7H7Cl2O5P. The van der Waals surface area contributed by atoms with Gasteiger partial charge < -0.3 is 15.3 Å². The fraction of sp³-hybridized carbons (Fsp3) is 0.143. The quantitative estimate of drug-likeness (QED) is 0.317. The normalized spacial score (nSPS) is 13.7. The van der Waals surface area contributed by atoms with Gasteiger partial charge in [0, 0.05) is 5.57 Å². The largest absolute Gasteiger partial charge is 0.501 e. The number of rotatable bonds is 4. The van der Waals surface area contributed by atoms with Crippen molar-refractivity contribution in [3.63, 3.8) is 0 Å². The van der Waals surface area contributed by atoms with Crippen molar-refractivity contribution in [2.45, 2.75) is 6.92 Å². The molecule has 3 N–H and O–H groups in total. The van der Waals surface area contributed by atoms with Gasteiger partial charge in [0.05, 0.1) is 5.31 Å². The fourth-order valence-corrected chi connectivity index (χ4v) is 1.89. The molecule has 0 rings (SSSR count). The van der Waals surface area contributed by atoms with E-state index in [2.05, 4.69) is 0 Å². The Morgan fingerprint density at radius 2 is 1.60 bits per heavy atom. The first kappa shape index (κ1) is 14.2. The molecule has 0 saturated heterocycles. The molecule has 0 aromatic rings. The van der Waals surface area contributed by atoms with Crippen LogP contribution in [-0.2, 0) is 9.59 Å². The van der Waals surface area contributed by atoms with Crippen LogP contribution in [0.3, 0.4) is 0 Å². The summed E-state index contributed by atoms with van der Waals surface area (Å²) in [5.74, 6) is -3.92. The summed E-state index contributed by atoms with van der Waals surface area (Å²) in [7, 11) is 0. The maximum atomic E-state index is 10.5. The second-order valence-electron chi connectivity index (χ2n) is 2.40. The first-order valence-electron chi connectivity index (χ1n) is 3.47. The van der Waals surface area contributed by atoms with Crippen LogP contribution in [0.4, 0.5) is 0 Å². The van der Waals surface area contributed by atoms with Crippen molar-refractivity contribution < 1.29 is 24.9 Å². The van der Waals surface area contributed by atoms with Gasteiger partial charge in [-0.2, -0.15) is 0 Å². The average Bonchev–Trinajstić information content (AvgIpc) is 2.11. The average molecular weight is 273 g/mol. The molecule has 0 aromatic carbocycles. The fourth-order valence-electron chi connectivity index (χ4n) is 0.574. The molecule has 0 unspecified atom stereocenters. The lowest BCUT2D eigenvalue weighted by atomic mass is 10.2. The Morgan fingerprint density at radius 1 is 1.13 bits per heavy atom. The minimum Gasteiger partial charge on any atom is -0.501 e. The molecule has 0 aliphatic carbocycles. The molecule has 0 fully saturated rings. The zero-order valence-corrected chi connectivity index (χ0v) is 9.84. The lowest BCUT2D eigenvalue weighted by molar-refractivity contribution is -0.135. The number of carboxylic acid groups (broad SMARTS) is 2. The van der Waals surface area contributed by atoms with E-state index in [1.54, 1.807) is 0 Å². The van der Waals surface area contributed by atoms with Crippen molar-refractivity contribution >= 4 is 41.0 Å². The van der Waals surface area contributed by atoms with E-state index in [-0.39, 0.29) is 10.9 Å². The highest BCUT2D eigenvalue weighted by Gasteiger charge is 2.18. The topological polar surface area (TPSA) is 94.8 Å². The Labute approximate surface area is 95.9 Å². The summed E-state index contributed by atoms with van der Waals surface area (Å²) in [6.07, 6.45) is 0.928. The van der Waals surface area contributed by atoms with Crippen molar-refractivity contribution in [3.05, 3.63) is 22.7 Å². The molecule has 0 atom stereocenters. The van der Waals surface area contributed by atoms with Crippen molar-refractivity contribution in [2.24, 2.45) is 0 Å². The summed E-state index contributed by atoms with van der Waals surface area (Å²) < 4.78 is 0. The number of halogens is 2. The van der Waals surface area contributed by atoms with Gasteiger partial charge in [-0.1, -0.05) is 22.5 Å². The third kappa shape index (κ3) is 4.51. The minimum absolute atomic E-state index is 0.174. The number of aliphatic hydroxyl groups excluding tert-OH is 1. The molecule has 0 bridgehead atoms. The molecule has 15 heavy (non-hydrogen) atoms. The van der Waals surface area contributed by atoms with Crippen LogP contribution in [0.2, 0.25) is 0 Å². The van der Waals surface area contributed by atoms with Gasteiger partial charge in [-0.05, 0) is 13.0 Å². The zero-order valence-electron chi connectivity index (χ0n) is 7.44. The predicted molar refractivity (Wildman–Crippen MR) is 57.3 cm³/mol. The summed E-state index contributed by atoms with van der Waals surface area (Å²) in [5, 5.41) is 25.8. The maximum Gasteiger partial charge on any atom is 0.371 e. The van der Waals surface area contributed by atoms with Crippen LogP contribution in [0.5, 0.6) is 0 Å². The number of hydrogen-bond donors (Lipinski definition) is 3. The van der Waals surface area contributed by atoms with Gasteiger partial charge >= 0.3 is 11.9 Å². The Hall–Kier alpha value is -0.770. The standard InChI is InChI=1S/C7H7Cl2O5P/c1-3(6(11)12)2-4(15(8)9)5(10)7(13)14/h2,10H,1H3,(H,11,12)(H,13,14). The van der Waals surface area contributed by atoms with Crippen LogP contribution < -0.4 is 0 Å². The van der Waals surface area contributed by atoms with Crippen molar-refractivity contribution in [2.75, 3.05) is 0 Å². The molecule has 0 spiro atoms. The van der Waals surface area contributed by atoms with Crippen LogP contribution in [0.15, 0.2) is 22.7 Å². The molecule has 8 heteroatoms. The van der Waals surface area contributed by atoms with Gasteiger partial charge in [0.15, 0.2) is 0 Å². The third-order valence-electron chi connectivity index (χ3n) is 1.32. The monoisotopic (exact) mass is 272 g/mol. The molecular weight excluding hydrogens is 266 g/mol. The van der Waals surface area contributed by atoms with Crippen LogP contribution >= 0.6 is 29.1 Å². The summed E-state index contributed by atoms with van der Waals surface area (Å²) in [5.41, 5.74) is -0.174. The van der Waals surface area contributed by atoms with Crippen LogP contribution in [0.1, 0.15) is 6.92 Å². The van der Waals surface area contributed by atoms with E-state index in [1.165, 1.54) is 6.92 Å². The van der Waals surface area contributed by atoms with Gasteiger partial charge in [0.25, 0.3) is 0 Å². The summed E-state index contributed by atoms with van der Waals surface area (Å²) >= 11 is 10.9. The highest BCUT2D eigenvalue weighted by Crippen LogP contribution is 2.56. The Kier molecular flexibility index (Phi) is 5.65. The molecule has 0 aliphatic heterocycles. The molecule has 0 amide bonds. The van der Waals surface area contributed by atoms with Gasteiger partial charge in [0.1, 0.15) is 6.63 Å². The number of allylic oxidation sites excluding steroid dienone is 2. The Balaban J connectivity index is 5.37. The molecule has 5 nitrogen and oxygen atoms in total.